The zero-order chi connectivity index (χ0) is 13.9. The summed E-state index contributed by atoms with van der Waals surface area (Å²) >= 11 is 0. The van der Waals surface area contributed by atoms with Crippen molar-refractivity contribution in [3.63, 3.8) is 0 Å². The van der Waals surface area contributed by atoms with Gasteiger partial charge in [-0.2, -0.15) is 5.10 Å². The van der Waals surface area contributed by atoms with Gasteiger partial charge in [0.25, 0.3) is 5.91 Å². The number of rotatable bonds is 3. The highest BCUT2D eigenvalue weighted by molar-refractivity contribution is 5.92. The molecule has 0 aliphatic heterocycles. The number of aromatic amines is 1. The van der Waals surface area contributed by atoms with Crippen molar-refractivity contribution < 1.29 is 4.79 Å². The first-order chi connectivity index (χ1) is 8.97. The lowest BCUT2D eigenvalue weighted by Gasteiger charge is -2.14. The molecule has 0 aliphatic rings. The minimum atomic E-state index is -0.185. The third-order valence-electron chi connectivity index (χ3n) is 2.79. The summed E-state index contributed by atoms with van der Waals surface area (Å²) in [6.45, 7) is 6.65. The molecule has 0 bridgehead atoms. The Morgan fingerprint density at radius 2 is 2.21 bits per heavy atom. The van der Waals surface area contributed by atoms with E-state index < -0.39 is 0 Å². The molecule has 1 amide bonds. The van der Waals surface area contributed by atoms with Gasteiger partial charge in [0.2, 0.25) is 0 Å². The van der Waals surface area contributed by atoms with Crippen LogP contribution in [0.3, 0.4) is 0 Å². The third-order valence-corrected chi connectivity index (χ3v) is 2.79. The zero-order valence-electron chi connectivity index (χ0n) is 11.4. The van der Waals surface area contributed by atoms with Gasteiger partial charge in [-0.1, -0.05) is 26.8 Å². The number of H-pyrrole nitrogens is 1. The highest BCUT2D eigenvalue weighted by atomic mass is 16.1. The second-order valence-corrected chi connectivity index (χ2v) is 5.46. The van der Waals surface area contributed by atoms with Gasteiger partial charge in [-0.15, -0.1) is 0 Å². The molecule has 5 nitrogen and oxygen atoms in total. The molecule has 0 aliphatic carbocycles. The molecule has 0 unspecified atom stereocenters. The van der Waals surface area contributed by atoms with Gasteiger partial charge >= 0.3 is 0 Å². The first-order valence-corrected chi connectivity index (χ1v) is 6.20. The van der Waals surface area contributed by atoms with Crippen molar-refractivity contribution in [2.75, 3.05) is 0 Å². The van der Waals surface area contributed by atoms with Gasteiger partial charge in [0, 0.05) is 30.0 Å². The Bertz CT molecular complexity index is 554. The summed E-state index contributed by atoms with van der Waals surface area (Å²) in [4.78, 5) is 15.9. The van der Waals surface area contributed by atoms with Gasteiger partial charge in [0.1, 0.15) is 5.69 Å². The minimum Gasteiger partial charge on any atom is -0.347 e. The van der Waals surface area contributed by atoms with Crippen LogP contribution in [0.1, 0.15) is 42.5 Å². The molecule has 100 valence electrons. The van der Waals surface area contributed by atoms with Crippen molar-refractivity contribution in [2.45, 2.75) is 32.7 Å². The third kappa shape index (κ3) is 3.40. The molecule has 5 heteroatoms. The predicted octanol–water partition coefficient (Wildman–Crippen LogP) is 2.03. The van der Waals surface area contributed by atoms with Crippen LogP contribution in [0.4, 0.5) is 0 Å². The zero-order valence-corrected chi connectivity index (χ0v) is 11.4. The lowest BCUT2D eigenvalue weighted by atomic mass is 9.92. The first-order valence-electron chi connectivity index (χ1n) is 6.20. The number of nitrogens with one attached hydrogen (secondary N) is 2. The van der Waals surface area contributed by atoms with Crippen molar-refractivity contribution in [1.29, 1.82) is 0 Å². The van der Waals surface area contributed by atoms with E-state index in [1.54, 1.807) is 18.5 Å². The fraction of sp³-hybridized carbons (Fsp3) is 0.357. The molecule has 2 rings (SSSR count). The van der Waals surface area contributed by atoms with Crippen LogP contribution in [-0.4, -0.2) is 21.1 Å². The summed E-state index contributed by atoms with van der Waals surface area (Å²) in [6.07, 6.45) is 3.43. The first kappa shape index (κ1) is 13.3. The molecule has 0 saturated heterocycles. The van der Waals surface area contributed by atoms with Gasteiger partial charge in [-0.05, 0) is 17.7 Å². The number of hydrogen-bond acceptors (Lipinski definition) is 3. The number of carbonyl (C=O) groups excluding carboxylic acids is 1. The summed E-state index contributed by atoms with van der Waals surface area (Å²) in [5.41, 5.74) is 2.27. The van der Waals surface area contributed by atoms with E-state index >= 15 is 0 Å². The number of pyridine rings is 1. The van der Waals surface area contributed by atoms with Crippen molar-refractivity contribution in [3.8, 4) is 0 Å². The van der Waals surface area contributed by atoms with Crippen LogP contribution in [-0.2, 0) is 12.0 Å². The highest BCUT2D eigenvalue weighted by Gasteiger charge is 2.19. The predicted molar refractivity (Wildman–Crippen MR) is 72.7 cm³/mol. The Labute approximate surface area is 112 Å². The van der Waals surface area contributed by atoms with E-state index in [-0.39, 0.29) is 11.3 Å². The van der Waals surface area contributed by atoms with Crippen molar-refractivity contribution in [1.82, 2.24) is 20.5 Å². The number of nitrogens with zero attached hydrogens (tertiary/aromatic N) is 2. The number of aromatic nitrogens is 3. The number of amides is 1. The van der Waals surface area contributed by atoms with Crippen molar-refractivity contribution in [3.05, 3.63) is 47.5 Å². The van der Waals surface area contributed by atoms with E-state index in [2.05, 4.69) is 41.3 Å². The molecule has 0 spiro atoms. The number of carbonyl (C=O) groups is 1. The minimum absolute atomic E-state index is 0.0467. The van der Waals surface area contributed by atoms with Gasteiger partial charge in [0.05, 0.1) is 0 Å². The van der Waals surface area contributed by atoms with Crippen LogP contribution in [0.5, 0.6) is 0 Å². The van der Waals surface area contributed by atoms with Crippen molar-refractivity contribution in [2.24, 2.45) is 0 Å². The molecule has 2 N–H and O–H groups in total. The molecule has 0 atom stereocenters. The summed E-state index contributed by atoms with van der Waals surface area (Å²) in [5.74, 6) is -0.185. The Morgan fingerprint density at radius 3 is 2.79 bits per heavy atom. The SMILES string of the molecule is CC(C)(C)c1cc(C(=O)NCc2cccnc2)n[nH]1. The van der Waals surface area contributed by atoms with E-state index in [0.717, 1.165) is 11.3 Å². The van der Waals surface area contributed by atoms with E-state index in [1.165, 1.54) is 0 Å². The lowest BCUT2D eigenvalue weighted by molar-refractivity contribution is 0.0946. The van der Waals surface area contributed by atoms with Crippen LogP contribution >= 0.6 is 0 Å². The second-order valence-electron chi connectivity index (χ2n) is 5.46. The maximum atomic E-state index is 11.9. The van der Waals surface area contributed by atoms with Crippen molar-refractivity contribution >= 4 is 5.91 Å². The molecule has 0 radical (unpaired) electrons. The molecular formula is C14H18N4O. The second kappa shape index (κ2) is 5.22. The van der Waals surface area contributed by atoms with E-state index in [0.29, 0.717) is 12.2 Å². The monoisotopic (exact) mass is 258 g/mol. The van der Waals surface area contributed by atoms with Gasteiger partial charge in [-0.25, -0.2) is 0 Å². The normalized spacial score (nSPS) is 11.3. The smallest absolute Gasteiger partial charge is 0.272 e. The van der Waals surface area contributed by atoms with Crippen LogP contribution < -0.4 is 5.32 Å². The van der Waals surface area contributed by atoms with Gasteiger partial charge < -0.3 is 5.32 Å². The Hall–Kier alpha value is -2.17. The fourth-order valence-electron chi connectivity index (χ4n) is 1.60. The Morgan fingerprint density at radius 1 is 1.42 bits per heavy atom. The number of hydrogen-bond donors (Lipinski definition) is 2. The quantitative estimate of drug-likeness (QED) is 0.885. The molecule has 2 heterocycles. The summed E-state index contributed by atoms with van der Waals surface area (Å²) < 4.78 is 0. The summed E-state index contributed by atoms with van der Waals surface area (Å²) in [7, 11) is 0. The largest absolute Gasteiger partial charge is 0.347 e. The van der Waals surface area contributed by atoms with Gasteiger partial charge in [-0.3, -0.25) is 14.9 Å². The Balaban J connectivity index is 1.99. The fourth-order valence-corrected chi connectivity index (χ4v) is 1.60. The topological polar surface area (TPSA) is 70.7 Å². The van der Waals surface area contributed by atoms with Crippen LogP contribution in [0.15, 0.2) is 30.6 Å². The maximum Gasteiger partial charge on any atom is 0.272 e. The van der Waals surface area contributed by atoms with E-state index in [1.807, 2.05) is 12.1 Å². The lowest BCUT2D eigenvalue weighted by Crippen LogP contribution is -2.23. The average Bonchev–Trinajstić information content (AvgIpc) is 2.87. The van der Waals surface area contributed by atoms with Gasteiger partial charge in [0.15, 0.2) is 0 Å². The molecule has 19 heavy (non-hydrogen) atoms. The summed E-state index contributed by atoms with van der Waals surface area (Å²) in [6, 6.07) is 5.55. The molecule has 0 aromatic carbocycles. The van der Waals surface area contributed by atoms with Crippen LogP contribution in [0, 0.1) is 0 Å². The van der Waals surface area contributed by atoms with E-state index in [4.69, 9.17) is 0 Å². The average molecular weight is 258 g/mol. The molecular weight excluding hydrogens is 240 g/mol. The Kier molecular flexibility index (Phi) is 3.64. The molecule has 2 aromatic rings. The molecule has 2 aromatic heterocycles. The highest BCUT2D eigenvalue weighted by Crippen LogP contribution is 2.20. The molecule has 0 fully saturated rings. The standard InChI is InChI=1S/C14H18N4O/c1-14(2,3)12-7-11(17-18-12)13(19)16-9-10-5-4-6-15-8-10/h4-8H,9H2,1-3H3,(H,16,19)(H,17,18). The summed E-state index contributed by atoms with van der Waals surface area (Å²) in [5, 5.41) is 9.76. The molecule has 0 saturated carbocycles. The maximum absolute atomic E-state index is 11.9. The van der Waals surface area contributed by atoms with Crippen LogP contribution in [0.2, 0.25) is 0 Å². The van der Waals surface area contributed by atoms with E-state index in [9.17, 15) is 4.79 Å². The van der Waals surface area contributed by atoms with Crippen LogP contribution in [0.25, 0.3) is 0 Å².